The van der Waals surface area contributed by atoms with Gasteiger partial charge in [-0.3, -0.25) is 4.79 Å². The number of morpholine rings is 1. The first-order valence-electron chi connectivity index (χ1n) is 9.08. The highest BCUT2D eigenvalue weighted by Gasteiger charge is 2.21. The van der Waals surface area contributed by atoms with Gasteiger partial charge in [0.05, 0.1) is 29.6 Å². The van der Waals surface area contributed by atoms with Crippen molar-refractivity contribution >= 4 is 28.9 Å². The smallest absolute Gasteiger partial charge is 0.294 e. The molecule has 6 nitrogen and oxygen atoms in total. The number of ether oxygens (including phenoxy) is 1. The van der Waals surface area contributed by atoms with Gasteiger partial charge in [-0.1, -0.05) is 52.7 Å². The van der Waals surface area contributed by atoms with Crippen LogP contribution in [0.1, 0.15) is 16.1 Å². The molecule has 28 heavy (non-hydrogen) atoms. The van der Waals surface area contributed by atoms with Gasteiger partial charge in [0.2, 0.25) is 5.76 Å². The summed E-state index contributed by atoms with van der Waals surface area (Å²) in [5.41, 5.74) is 4.09. The van der Waals surface area contributed by atoms with Gasteiger partial charge in [-0.15, -0.1) is 0 Å². The van der Waals surface area contributed by atoms with Crippen LogP contribution in [0.5, 0.6) is 0 Å². The van der Waals surface area contributed by atoms with Gasteiger partial charge in [-0.25, -0.2) is 0 Å². The maximum Gasteiger partial charge on any atom is 0.294 e. The van der Waals surface area contributed by atoms with E-state index in [1.807, 2.05) is 43.3 Å². The van der Waals surface area contributed by atoms with Crippen LogP contribution in [0.4, 0.5) is 11.4 Å². The molecule has 2 aromatic carbocycles. The fraction of sp³-hybridized carbons (Fsp3) is 0.238. The molecule has 0 aliphatic carbocycles. The van der Waals surface area contributed by atoms with Crippen molar-refractivity contribution < 1.29 is 14.1 Å². The Hall–Kier alpha value is -2.83. The summed E-state index contributed by atoms with van der Waals surface area (Å²) in [4.78, 5) is 14.8. The Labute approximate surface area is 168 Å². The molecule has 0 unspecified atom stereocenters. The van der Waals surface area contributed by atoms with Crippen LogP contribution in [0.25, 0.3) is 11.3 Å². The van der Waals surface area contributed by atoms with Crippen molar-refractivity contribution in [2.75, 3.05) is 36.5 Å². The lowest BCUT2D eigenvalue weighted by Gasteiger charge is -2.31. The summed E-state index contributed by atoms with van der Waals surface area (Å²) >= 11 is 6.42. The number of anilines is 2. The zero-order chi connectivity index (χ0) is 19.5. The summed E-state index contributed by atoms with van der Waals surface area (Å²) in [6.45, 7) is 4.70. The van der Waals surface area contributed by atoms with Gasteiger partial charge in [0, 0.05) is 24.7 Å². The summed E-state index contributed by atoms with van der Waals surface area (Å²) in [6.07, 6.45) is 0. The number of nitrogens with one attached hydrogen (secondary N) is 1. The number of carbonyl (C=O) groups excluding carboxylic acids is 1. The standard InChI is InChI=1S/C21H20ClN3O3/c1-14-5-7-15(8-6-14)18-13-19(28-24-18)21(26)23-17-4-2-3-16(22)20(17)25-9-11-27-12-10-25/h2-8,13H,9-12H2,1H3,(H,23,26). The van der Waals surface area contributed by atoms with E-state index < -0.39 is 0 Å². The van der Waals surface area contributed by atoms with E-state index in [9.17, 15) is 4.79 Å². The number of nitrogens with zero attached hydrogens (tertiary/aromatic N) is 2. The minimum absolute atomic E-state index is 0.142. The summed E-state index contributed by atoms with van der Waals surface area (Å²) < 4.78 is 10.7. The number of para-hydroxylation sites is 1. The van der Waals surface area contributed by atoms with Crippen LogP contribution in [-0.2, 0) is 4.74 Å². The Morgan fingerprint density at radius 1 is 1.14 bits per heavy atom. The van der Waals surface area contributed by atoms with Crippen LogP contribution in [-0.4, -0.2) is 37.4 Å². The number of amides is 1. The van der Waals surface area contributed by atoms with Gasteiger partial charge >= 0.3 is 0 Å². The van der Waals surface area contributed by atoms with E-state index in [-0.39, 0.29) is 11.7 Å². The lowest BCUT2D eigenvalue weighted by atomic mass is 10.1. The highest BCUT2D eigenvalue weighted by molar-refractivity contribution is 6.34. The van der Waals surface area contributed by atoms with Crippen LogP contribution in [0, 0.1) is 6.92 Å². The Morgan fingerprint density at radius 2 is 1.89 bits per heavy atom. The molecule has 0 atom stereocenters. The molecule has 0 radical (unpaired) electrons. The van der Waals surface area contributed by atoms with E-state index in [1.165, 1.54) is 0 Å². The second kappa shape index (κ2) is 8.04. The quantitative estimate of drug-likeness (QED) is 0.707. The molecule has 3 aromatic rings. The Balaban J connectivity index is 1.56. The van der Waals surface area contributed by atoms with Gasteiger partial charge in [-0.2, -0.15) is 0 Å². The number of carbonyl (C=O) groups is 1. The van der Waals surface area contributed by atoms with Gasteiger partial charge in [-0.05, 0) is 19.1 Å². The molecule has 4 rings (SSSR count). The van der Waals surface area contributed by atoms with Crippen LogP contribution in [0.3, 0.4) is 0 Å². The second-order valence-corrected chi connectivity index (χ2v) is 7.04. The fourth-order valence-electron chi connectivity index (χ4n) is 3.15. The predicted molar refractivity (Wildman–Crippen MR) is 109 cm³/mol. The van der Waals surface area contributed by atoms with Crippen LogP contribution >= 0.6 is 11.6 Å². The van der Waals surface area contributed by atoms with E-state index in [0.29, 0.717) is 42.7 Å². The molecule has 0 spiro atoms. The molecule has 0 bridgehead atoms. The van der Waals surface area contributed by atoms with Crippen molar-refractivity contribution in [2.24, 2.45) is 0 Å². The Morgan fingerprint density at radius 3 is 2.64 bits per heavy atom. The summed E-state index contributed by atoms with van der Waals surface area (Å²) in [7, 11) is 0. The van der Waals surface area contributed by atoms with Crippen molar-refractivity contribution in [1.29, 1.82) is 0 Å². The largest absolute Gasteiger partial charge is 0.378 e. The Kier molecular flexibility index (Phi) is 5.32. The molecule has 144 valence electrons. The zero-order valence-electron chi connectivity index (χ0n) is 15.4. The summed E-state index contributed by atoms with van der Waals surface area (Å²) in [5.74, 6) is -0.230. The van der Waals surface area contributed by atoms with E-state index in [4.69, 9.17) is 20.9 Å². The molecule has 1 fully saturated rings. The number of halogens is 1. The third-order valence-electron chi connectivity index (χ3n) is 4.64. The number of hydrogen-bond donors (Lipinski definition) is 1. The number of rotatable bonds is 4. The topological polar surface area (TPSA) is 67.6 Å². The molecule has 1 aliphatic rings. The molecule has 1 aliphatic heterocycles. The van der Waals surface area contributed by atoms with Crippen LogP contribution in [0.2, 0.25) is 5.02 Å². The number of benzene rings is 2. The first kappa shape index (κ1) is 18.5. The SMILES string of the molecule is Cc1ccc(-c2cc(C(=O)Nc3cccc(Cl)c3N3CCOCC3)on2)cc1. The highest BCUT2D eigenvalue weighted by atomic mass is 35.5. The molecular formula is C21H20ClN3O3. The maximum absolute atomic E-state index is 12.7. The average molecular weight is 398 g/mol. The van der Waals surface area contributed by atoms with E-state index in [0.717, 1.165) is 16.8 Å². The molecule has 1 amide bonds. The van der Waals surface area contributed by atoms with Crippen molar-refractivity contribution in [3.05, 3.63) is 64.9 Å². The van der Waals surface area contributed by atoms with Crippen LogP contribution in [0.15, 0.2) is 53.1 Å². The molecule has 7 heteroatoms. The summed E-state index contributed by atoms with van der Waals surface area (Å²) in [6, 6.07) is 15.0. The van der Waals surface area contributed by atoms with E-state index in [1.54, 1.807) is 12.1 Å². The minimum atomic E-state index is -0.373. The van der Waals surface area contributed by atoms with Crippen molar-refractivity contribution in [3.8, 4) is 11.3 Å². The van der Waals surface area contributed by atoms with Gasteiger partial charge in [0.25, 0.3) is 5.91 Å². The lowest BCUT2D eigenvalue weighted by Crippen LogP contribution is -2.37. The molecule has 0 saturated carbocycles. The van der Waals surface area contributed by atoms with Gasteiger partial charge < -0.3 is 19.5 Å². The van der Waals surface area contributed by atoms with Crippen molar-refractivity contribution in [3.63, 3.8) is 0 Å². The Bertz CT molecular complexity index is 979. The minimum Gasteiger partial charge on any atom is -0.378 e. The third-order valence-corrected chi connectivity index (χ3v) is 4.95. The fourth-order valence-corrected chi connectivity index (χ4v) is 3.45. The van der Waals surface area contributed by atoms with E-state index >= 15 is 0 Å². The predicted octanol–water partition coefficient (Wildman–Crippen LogP) is 4.39. The second-order valence-electron chi connectivity index (χ2n) is 6.63. The first-order valence-corrected chi connectivity index (χ1v) is 9.46. The van der Waals surface area contributed by atoms with Crippen molar-refractivity contribution in [2.45, 2.75) is 6.92 Å². The van der Waals surface area contributed by atoms with Gasteiger partial charge in [0.1, 0.15) is 5.69 Å². The first-order chi connectivity index (χ1) is 13.6. The monoisotopic (exact) mass is 397 g/mol. The number of aryl methyl sites for hydroxylation is 1. The molecule has 1 N–H and O–H groups in total. The summed E-state index contributed by atoms with van der Waals surface area (Å²) in [5, 5.41) is 7.50. The normalized spacial score (nSPS) is 14.1. The zero-order valence-corrected chi connectivity index (χ0v) is 16.2. The molecule has 2 heterocycles. The third kappa shape index (κ3) is 3.88. The molecule has 1 saturated heterocycles. The highest BCUT2D eigenvalue weighted by Crippen LogP contribution is 2.34. The number of hydrogen-bond acceptors (Lipinski definition) is 5. The lowest BCUT2D eigenvalue weighted by molar-refractivity contribution is 0.0988. The van der Waals surface area contributed by atoms with E-state index in [2.05, 4.69) is 15.4 Å². The number of aromatic nitrogens is 1. The molecule has 1 aromatic heterocycles. The van der Waals surface area contributed by atoms with Crippen molar-refractivity contribution in [1.82, 2.24) is 5.16 Å². The average Bonchev–Trinajstić information content (AvgIpc) is 3.20. The van der Waals surface area contributed by atoms with Gasteiger partial charge in [0.15, 0.2) is 0 Å². The van der Waals surface area contributed by atoms with Crippen LogP contribution < -0.4 is 10.2 Å². The molecular weight excluding hydrogens is 378 g/mol. The maximum atomic E-state index is 12.7.